The molecule has 6 atom stereocenters. The van der Waals surface area contributed by atoms with Gasteiger partial charge < -0.3 is 10.2 Å². The average molecular weight is 180 g/mol. The molecule has 0 heterocycles. The van der Waals surface area contributed by atoms with Crippen LogP contribution in [0.2, 0.25) is 0 Å². The quantitative estimate of drug-likeness (QED) is 0.613. The second-order valence-corrected chi connectivity index (χ2v) is 4.80. The van der Waals surface area contributed by atoms with E-state index in [1.54, 1.807) is 0 Å². The number of rotatable bonds is 2. The van der Waals surface area contributed by atoms with E-state index in [1.165, 1.54) is 6.42 Å². The Morgan fingerprint density at radius 1 is 0.923 bits per heavy atom. The molecule has 0 amide bonds. The molecule has 2 N–H and O–H groups in total. The van der Waals surface area contributed by atoms with Gasteiger partial charge in [0.15, 0.2) is 0 Å². The zero-order valence-corrected chi connectivity index (χ0v) is 7.63. The Kier molecular flexibility index (Phi) is 1.59. The van der Waals surface area contributed by atoms with E-state index in [2.05, 4.69) is 12.2 Å². The average Bonchev–Trinajstić information content (AvgIpc) is 2.97. The van der Waals surface area contributed by atoms with Crippen LogP contribution in [0.25, 0.3) is 0 Å². The fraction of sp³-hybridized carbons (Fsp3) is 0.818. The van der Waals surface area contributed by atoms with E-state index in [9.17, 15) is 10.2 Å². The van der Waals surface area contributed by atoms with Crippen LogP contribution in [0, 0.1) is 35.5 Å². The van der Waals surface area contributed by atoms with E-state index in [-0.39, 0.29) is 13.2 Å². The SMILES string of the molecule is OC[C@@H]1[C@H]2C=C[C@@H]([C@H]1CO)[C@@H]1C[C@H]21. The summed E-state index contributed by atoms with van der Waals surface area (Å²) in [5.74, 6) is 3.49. The number of fused-ring (bicyclic) bond motifs is 1. The molecule has 2 nitrogen and oxygen atoms in total. The first kappa shape index (κ1) is 8.01. The Hall–Kier alpha value is -0.340. The van der Waals surface area contributed by atoms with Crippen LogP contribution in [0.15, 0.2) is 12.2 Å². The molecule has 2 fully saturated rings. The topological polar surface area (TPSA) is 40.5 Å². The molecule has 0 unspecified atom stereocenters. The molecule has 4 rings (SSSR count). The highest BCUT2D eigenvalue weighted by molar-refractivity contribution is 5.20. The Balaban J connectivity index is 1.93. The third-order valence-corrected chi connectivity index (χ3v) is 4.40. The minimum atomic E-state index is 0.250. The highest BCUT2D eigenvalue weighted by Gasteiger charge is 2.58. The molecule has 4 aliphatic carbocycles. The van der Waals surface area contributed by atoms with Crippen molar-refractivity contribution in [1.29, 1.82) is 0 Å². The molecule has 0 aromatic heterocycles. The third kappa shape index (κ3) is 0.906. The summed E-state index contributed by atoms with van der Waals surface area (Å²) in [5.41, 5.74) is 0. The molecule has 0 spiro atoms. The Morgan fingerprint density at radius 3 is 1.77 bits per heavy atom. The lowest BCUT2D eigenvalue weighted by Gasteiger charge is -2.43. The molecular formula is C11H16O2. The molecule has 2 heteroatoms. The first-order chi connectivity index (χ1) is 6.36. The van der Waals surface area contributed by atoms with Gasteiger partial charge in [-0.05, 0) is 41.9 Å². The van der Waals surface area contributed by atoms with Gasteiger partial charge >= 0.3 is 0 Å². The molecule has 0 aliphatic heterocycles. The van der Waals surface area contributed by atoms with Gasteiger partial charge in [0, 0.05) is 13.2 Å². The highest BCUT2D eigenvalue weighted by atomic mass is 16.3. The summed E-state index contributed by atoms with van der Waals surface area (Å²) >= 11 is 0. The van der Waals surface area contributed by atoms with Crippen LogP contribution in [0.4, 0.5) is 0 Å². The maximum absolute atomic E-state index is 9.31. The molecule has 2 bridgehead atoms. The number of aliphatic hydroxyl groups excluding tert-OH is 2. The van der Waals surface area contributed by atoms with Gasteiger partial charge in [-0.1, -0.05) is 12.2 Å². The second kappa shape index (κ2) is 2.58. The zero-order chi connectivity index (χ0) is 9.00. The van der Waals surface area contributed by atoms with Gasteiger partial charge in [0.05, 0.1) is 0 Å². The van der Waals surface area contributed by atoms with Crippen LogP contribution in [-0.4, -0.2) is 23.4 Å². The Bertz CT molecular complexity index is 224. The molecule has 0 saturated heterocycles. The van der Waals surface area contributed by atoms with E-state index >= 15 is 0 Å². The minimum Gasteiger partial charge on any atom is -0.396 e. The monoisotopic (exact) mass is 180 g/mol. The van der Waals surface area contributed by atoms with Crippen LogP contribution in [-0.2, 0) is 0 Å². The normalized spacial score (nSPS) is 56.5. The lowest BCUT2D eigenvalue weighted by atomic mass is 9.63. The van der Waals surface area contributed by atoms with E-state index < -0.39 is 0 Å². The van der Waals surface area contributed by atoms with Crippen molar-refractivity contribution in [1.82, 2.24) is 0 Å². The summed E-state index contributed by atoms with van der Waals surface area (Å²) in [5, 5.41) is 18.6. The summed E-state index contributed by atoms with van der Waals surface area (Å²) in [6.45, 7) is 0.500. The fourth-order valence-electron chi connectivity index (χ4n) is 3.67. The first-order valence-electron chi connectivity index (χ1n) is 5.27. The van der Waals surface area contributed by atoms with Gasteiger partial charge in [0.2, 0.25) is 0 Å². The van der Waals surface area contributed by atoms with Crippen molar-refractivity contribution in [2.75, 3.05) is 13.2 Å². The molecule has 72 valence electrons. The number of hydrogen-bond donors (Lipinski definition) is 2. The van der Waals surface area contributed by atoms with Crippen molar-refractivity contribution in [2.24, 2.45) is 35.5 Å². The summed E-state index contributed by atoms with van der Waals surface area (Å²) in [6.07, 6.45) is 5.90. The van der Waals surface area contributed by atoms with Crippen LogP contribution in [0.5, 0.6) is 0 Å². The van der Waals surface area contributed by atoms with Crippen LogP contribution < -0.4 is 0 Å². The van der Waals surface area contributed by atoms with Crippen LogP contribution in [0.1, 0.15) is 6.42 Å². The molecule has 0 aromatic rings. The fourth-order valence-corrected chi connectivity index (χ4v) is 3.67. The summed E-state index contributed by atoms with van der Waals surface area (Å²) in [7, 11) is 0. The summed E-state index contributed by atoms with van der Waals surface area (Å²) in [4.78, 5) is 0. The van der Waals surface area contributed by atoms with Crippen molar-refractivity contribution < 1.29 is 10.2 Å². The standard InChI is InChI=1S/C11H16O2/c12-4-10-6-1-2-7(11(10)5-13)9-3-8(6)9/h1-2,6-13H,3-5H2/t6-,7+,8+,9-,10-,11-/m1/s1. The molecular weight excluding hydrogens is 164 g/mol. The number of hydrogen-bond acceptors (Lipinski definition) is 2. The molecule has 13 heavy (non-hydrogen) atoms. The van der Waals surface area contributed by atoms with Crippen molar-refractivity contribution in [3.05, 3.63) is 12.2 Å². The van der Waals surface area contributed by atoms with E-state index in [4.69, 9.17) is 0 Å². The highest BCUT2D eigenvalue weighted by Crippen LogP contribution is 2.63. The number of allylic oxidation sites excluding steroid dienone is 2. The summed E-state index contributed by atoms with van der Waals surface area (Å²) in [6, 6.07) is 0. The van der Waals surface area contributed by atoms with Crippen molar-refractivity contribution in [3.8, 4) is 0 Å². The summed E-state index contributed by atoms with van der Waals surface area (Å²) < 4.78 is 0. The molecule has 4 aliphatic rings. The van der Waals surface area contributed by atoms with Crippen molar-refractivity contribution in [3.63, 3.8) is 0 Å². The number of aliphatic hydroxyl groups is 2. The van der Waals surface area contributed by atoms with Gasteiger partial charge in [-0.15, -0.1) is 0 Å². The van der Waals surface area contributed by atoms with Gasteiger partial charge in [-0.3, -0.25) is 0 Å². The smallest absolute Gasteiger partial charge is 0.0468 e. The van der Waals surface area contributed by atoms with E-state index in [1.807, 2.05) is 0 Å². The Labute approximate surface area is 78.3 Å². The van der Waals surface area contributed by atoms with Crippen molar-refractivity contribution >= 4 is 0 Å². The third-order valence-electron chi connectivity index (χ3n) is 4.40. The predicted molar refractivity (Wildman–Crippen MR) is 48.9 cm³/mol. The van der Waals surface area contributed by atoms with Gasteiger partial charge in [0.1, 0.15) is 0 Å². The minimum absolute atomic E-state index is 0.250. The maximum Gasteiger partial charge on any atom is 0.0468 e. The van der Waals surface area contributed by atoms with E-state index in [0.29, 0.717) is 23.7 Å². The second-order valence-electron chi connectivity index (χ2n) is 4.80. The largest absolute Gasteiger partial charge is 0.396 e. The lowest BCUT2D eigenvalue weighted by Crippen LogP contribution is -2.42. The van der Waals surface area contributed by atoms with Gasteiger partial charge in [0.25, 0.3) is 0 Å². The van der Waals surface area contributed by atoms with Crippen molar-refractivity contribution in [2.45, 2.75) is 6.42 Å². The zero-order valence-electron chi connectivity index (χ0n) is 7.63. The van der Waals surface area contributed by atoms with E-state index in [0.717, 1.165) is 11.8 Å². The van der Waals surface area contributed by atoms with Gasteiger partial charge in [-0.2, -0.15) is 0 Å². The first-order valence-corrected chi connectivity index (χ1v) is 5.27. The molecule has 2 saturated carbocycles. The van der Waals surface area contributed by atoms with Crippen LogP contribution in [0.3, 0.4) is 0 Å². The predicted octanol–water partition coefficient (Wildman–Crippen LogP) is 0.655. The van der Waals surface area contributed by atoms with Crippen LogP contribution >= 0.6 is 0 Å². The van der Waals surface area contributed by atoms with Gasteiger partial charge in [-0.25, -0.2) is 0 Å². The lowest BCUT2D eigenvalue weighted by molar-refractivity contribution is 0.0207. The molecule has 0 aromatic carbocycles. The maximum atomic E-state index is 9.31. The Morgan fingerprint density at radius 2 is 1.38 bits per heavy atom. The molecule has 0 radical (unpaired) electrons.